The van der Waals surface area contributed by atoms with Gasteiger partial charge in [0.05, 0.1) is 27.0 Å². The number of methoxy groups -OCH3 is 3. The number of benzene rings is 1. The van der Waals surface area contributed by atoms with Gasteiger partial charge in [-0.25, -0.2) is 0 Å². The van der Waals surface area contributed by atoms with E-state index in [1.54, 1.807) is 21.3 Å². The first kappa shape index (κ1) is 17.3. The molecule has 1 aliphatic heterocycles. The molecule has 0 bridgehead atoms. The predicted molar refractivity (Wildman–Crippen MR) is 99.1 cm³/mol. The largest absolute Gasteiger partial charge is 0.497 e. The third-order valence-corrected chi connectivity index (χ3v) is 4.45. The predicted octanol–water partition coefficient (Wildman–Crippen LogP) is 3.24. The summed E-state index contributed by atoms with van der Waals surface area (Å²) in [6.07, 6.45) is 9.06. The summed E-state index contributed by atoms with van der Waals surface area (Å²) in [5.74, 6) is 2.65. The van der Waals surface area contributed by atoms with E-state index in [1.165, 1.54) is 5.57 Å². The van der Waals surface area contributed by atoms with Crippen molar-refractivity contribution in [2.24, 2.45) is 10.9 Å². The minimum atomic E-state index is 0.253. The van der Waals surface area contributed by atoms with Crippen LogP contribution in [0.1, 0.15) is 12.0 Å². The van der Waals surface area contributed by atoms with Gasteiger partial charge in [-0.15, -0.1) is 0 Å². The Balaban J connectivity index is 1.50. The van der Waals surface area contributed by atoms with Gasteiger partial charge in [0.2, 0.25) is 0 Å². The van der Waals surface area contributed by atoms with Crippen molar-refractivity contribution in [3.63, 3.8) is 0 Å². The molecule has 3 rings (SSSR count). The molecular formula is C20H24N2O3. The number of nitrogens with zero attached hydrogens (tertiary/aromatic N) is 1. The maximum atomic E-state index is 5.34. The summed E-state index contributed by atoms with van der Waals surface area (Å²) >= 11 is 0. The van der Waals surface area contributed by atoms with Crippen LogP contribution in [0.3, 0.4) is 0 Å². The Kier molecular flexibility index (Phi) is 5.56. The Bertz CT molecular complexity index is 747. The highest BCUT2D eigenvalue weighted by Gasteiger charge is 2.24. The molecule has 0 saturated carbocycles. The van der Waals surface area contributed by atoms with E-state index >= 15 is 0 Å². The van der Waals surface area contributed by atoms with Gasteiger partial charge in [0.25, 0.3) is 0 Å². The molecule has 132 valence electrons. The average Bonchev–Trinajstić information content (AvgIpc) is 3.07. The van der Waals surface area contributed by atoms with E-state index in [4.69, 9.17) is 14.2 Å². The number of fused-ring (bicyclic) bond motifs is 1. The third-order valence-electron chi connectivity index (χ3n) is 4.45. The molecule has 2 aliphatic rings. The number of hydrogen-bond acceptors (Lipinski definition) is 5. The highest BCUT2D eigenvalue weighted by atomic mass is 16.5. The van der Waals surface area contributed by atoms with Crippen molar-refractivity contribution in [2.75, 3.05) is 27.9 Å². The summed E-state index contributed by atoms with van der Waals surface area (Å²) in [7, 11) is 4.99. The van der Waals surface area contributed by atoms with E-state index in [9.17, 15) is 0 Å². The van der Waals surface area contributed by atoms with Gasteiger partial charge in [-0.1, -0.05) is 6.07 Å². The van der Waals surface area contributed by atoms with E-state index in [0.29, 0.717) is 0 Å². The van der Waals surface area contributed by atoms with Crippen molar-refractivity contribution in [2.45, 2.75) is 13.0 Å². The van der Waals surface area contributed by atoms with Crippen molar-refractivity contribution >= 4 is 5.71 Å². The third kappa shape index (κ3) is 3.94. The quantitative estimate of drug-likeness (QED) is 0.738. The van der Waals surface area contributed by atoms with Gasteiger partial charge in [-0.05, 0) is 54.5 Å². The zero-order valence-electron chi connectivity index (χ0n) is 14.9. The van der Waals surface area contributed by atoms with Gasteiger partial charge in [0, 0.05) is 18.7 Å². The number of rotatable bonds is 8. The average molecular weight is 340 g/mol. The summed E-state index contributed by atoms with van der Waals surface area (Å²) in [6, 6.07) is 5.98. The molecule has 1 aromatic carbocycles. The molecule has 5 heteroatoms. The zero-order chi connectivity index (χ0) is 17.6. The first-order valence-corrected chi connectivity index (χ1v) is 8.37. The summed E-state index contributed by atoms with van der Waals surface area (Å²) in [5.41, 5.74) is 3.57. The highest BCUT2D eigenvalue weighted by molar-refractivity contribution is 6.03. The Morgan fingerprint density at radius 2 is 1.88 bits per heavy atom. The summed E-state index contributed by atoms with van der Waals surface area (Å²) in [5, 5.41) is 3.48. The lowest BCUT2D eigenvalue weighted by Crippen LogP contribution is -2.19. The molecule has 25 heavy (non-hydrogen) atoms. The minimum absolute atomic E-state index is 0.253. The van der Waals surface area contributed by atoms with Crippen molar-refractivity contribution < 1.29 is 14.2 Å². The van der Waals surface area contributed by atoms with Crippen LogP contribution < -0.4 is 14.8 Å². The first-order chi connectivity index (χ1) is 12.2. The molecule has 0 unspecified atom stereocenters. The molecule has 0 radical (unpaired) electrons. The normalized spacial score (nSPS) is 18.2. The fraction of sp³-hybridized carbons (Fsp3) is 0.350. The van der Waals surface area contributed by atoms with Crippen molar-refractivity contribution in [3.05, 3.63) is 59.5 Å². The number of aliphatic imine (C=N–C) groups is 1. The number of nitrogens with one attached hydrogen (secondary N) is 1. The lowest BCUT2D eigenvalue weighted by molar-refractivity contribution is 0.304. The summed E-state index contributed by atoms with van der Waals surface area (Å²) < 4.78 is 15.9. The molecule has 5 nitrogen and oxygen atoms in total. The van der Waals surface area contributed by atoms with Crippen LogP contribution in [0.5, 0.6) is 11.5 Å². The van der Waals surface area contributed by atoms with Crippen LogP contribution in [0.25, 0.3) is 0 Å². The van der Waals surface area contributed by atoms with E-state index in [1.807, 2.05) is 36.6 Å². The van der Waals surface area contributed by atoms with Gasteiger partial charge >= 0.3 is 0 Å². The second kappa shape index (κ2) is 8.03. The highest BCUT2D eigenvalue weighted by Crippen LogP contribution is 2.29. The fourth-order valence-electron chi connectivity index (χ4n) is 3.05. The molecule has 1 aromatic rings. The van der Waals surface area contributed by atoms with E-state index in [-0.39, 0.29) is 5.92 Å². The fourth-order valence-corrected chi connectivity index (χ4v) is 3.05. The van der Waals surface area contributed by atoms with Crippen LogP contribution in [-0.4, -0.2) is 33.6 Å². The molecule has 1 aliphatic carbocycles. The van der Waals surface area contributed by atoms with E-state index < -0.39 is 0 Å². The maximum absolute atomic E-state index is 5.34. The molecule has 1 heterocycles. The van der Waals surface area contributed by atoms with Crippen LogP contribution >= 0.6 is 0 Å². The zero-order valence-corrected chi connectivity index (χ0v) is 14.9. The smallest absolute Gasteiger partial charge is 0.161 e. The van der Waals surface area contributed by atoms with Crippen LogP contribution in [-0.2, 0) is 11.3 Å². The van der Waals surface area contributed by atoms with Crippen molar-refractivity contribution in [1.29, 1.82) is 0 Å². The monoisotopic (exact) mass is 340 g/mol. The number of allylic oxidation sites excluding steroid dienone is 3. The Morgan fingerprint density at radius 3 is 2.64 bits per heavy atom. The molecular weight excluding hydrogens is 316 g/mol. The molecule has 0 amide bonds. The topological polar surface area (TPSA) is 52.1 Å². The summed E-state index contributed by atoms with van der Waals surface area (Å²) in [4.78, 5) is 4.50. The molecule has 0 saturated heterocycles. The molecule has 0 aromatic heterocycles. The minimum Gasteiger partial charge on any atom is -0.497 e. The van der Waals surface area contributed by atoms with Crippen LogP contribution in [0, 0.1) is 5.92 Å². The van der Waals surface area contributed by atoms with Gasteiger partial charge in [0.1, 0.15) is 5.76 Å². The Morgan fingerprint density at radius 1 is 1.04 bits per heavy atom. The van der Waals surface area contributed by atoms with Crippen LogP contribution in [0.4, 0.5) is 0 Å². The lowest BCUT2D eigenvalue weighted by atomic mass is 9.90. The first-order valence-electron chi connectivity index (χ1n) is 8.37. The van der Waals surface area contributed by atoms with Crippen molar-refractivity contribution in [1.82, 2.24) is 5.32 Å². The van der Waals surface area contributed by atoms with Gasteiger partial charge in [-0.3, -0.25) is 4.99 Å². The SMILES string of the molecule is COC1=C[C@H]2C(CCNCc3ccc(OC)c(OC)c3)=CN=C2C=C1. The van der Waals surface area contributed by atoms with E-state index in [0.717, 1.165) is 48.0 Å². The second-order valence-corrected chi connectivity index (χ2v) is 5.96. The summed E-state index contributed by atoms with van der Waals surface area (Å²) in [6.45, 7) is 1.67. The Hall–Kier alpha value is -2.53. The molecule has 0 fully saturated rings. The van der Waals surface area contributed by atoms with Crippen molar-refractivity contribution in [3.8, 4) is 11.5 Å². The van der Waals surface area contributed by atoms with E-state index in [2.05, 4.69) is 16.4 Å². The lowest BCUT2D eigenvalue weighted by Gasteiger charge is -2.17. The molecule has 1 N–H and O–H groups in total. The van der Waals surface area contributed by atoms with Gasteiger partial charge < -0.3 is 19.5 Å². The number of ether oxygens (including phenoxy) is 3. The molecule has 0 spiro atoms. The standard InChI is InChI=1S/C20H24N2O3/c1-23-16-5-6-18-17(11-16)15(13-22-18)8-9-21-12-14-4-7-19(24-2)20(10-14)25-3/h4-7,10-11,13,17,21H,8-9,12H2,1-3H3/t17-/m0/s1. The maximum Gasteiger partial charge on any atom is 0.161 e. The second-order valence-electron chi connectivity index (χ2n) is 5.96. The van der Waals surface area contributed by atoms with Gasteiger partial charge in [-0.2, -0.15) is 0 Å². The van der Waals surface area contributed by atoms with Crippen LogP contribution in [0.15, 0.2) is 59.0 Å². The molecule has 1 atom stereocenters. The Labute approximate surface area is 148 Å². The van der Waals surface area contributed by atoms with Crippen LogP contribution in [0.2, 0.25) is 0 Å². The number of hydrogen-bond donors (Lipinski definition) is 1. The van der Waals surface area contributed by atoms with Gasteiger partial charge in [0.15, 0.2) is 11.5 Å².